The first-order valence-electron chi connectivity index (χ1n) is 13.0. The SMILES string of the molecule is Cn1c(-c2cn(C3CC3(F)F)nc2C(F)(F)F)cnc1C(=O)Nc1ccc(C(=O)NC2C[C@H]3CC[C@@H](C2)N3)c(Cl)c1. The van der Waals surface area contributed by atoms with Crippen LogP contribution in [0.25, 0.3) is 11.3 Å². The molecule has 1 aromatic carbocycles. The minimum atomic E-state index is -4.92. The molecule has 3 aliphatic rings. The van der Waals surface area contributed by atoms with E-state index < -0.39 is 41.7 Å². The van der Waals surface area contributed by atoms with Crippen LogP contribution in [0.2, 0.25) is 5.02 Å². The number of aromatic nitrogens is 4. The molecule has 0 radical (unpaired) electrons. The number of benzene rings is 1. The fraction of sp³-hybridized carbons (Fsp3) is 0.462. The van der Waals surface area contributed by atoms with Crippen LogP contribution >= 0.6 is 11.6 Å². The zero-order valence-electron chi connectivity index (χ0n) is 21.6. The lowest BCUT2D eigenvalue weighted by Crippen LogP contribution is -2.48. The Morgan fingerprint density at radius 1 is 1.15 bits per heavy atom. The van der Waals surface area contributed by atoms with Gasteiger partial charge < -0.3 is 20.5 Å². The lowest BCUT2D eigenvalue weighted by molar-refractivity contribution is -0.141. The predicted octanol–water partition coefficient (Wildman–Crippen LogP) is 4.80. The number of hydrogen-bond donors (Lipinski definition) is 3. The van der Waals surface area contributed by atoms with Gasteiger partial charge in [0, 0.05) is 43.5 Å². The highest BCUT2D eigenvalue weighted by atomic mass is 35.5. The average molecular weight is 598 g/mol. The molecular formula is C26H25ClF5N7O2. The van der Waals surface area contributed by atoms with Crippen molar-refractivity contribution in [2.45, 2.75) is 68.4 Å². The van der Waals surface area contributed by atoms with Gasteiger partial charge in [-0.25, -0.2) is 13.8 Å². The Bertz CT molecular complexity index is 1520. The Morgan fingerprint density at radius 2 is 1.83 bits per heavy atom. The summed E-state index contributed by atoms with van der Waals surface area (Å²) >= 11 is 6.36. The molecule has 2 unspecified atom stereocenters. The van der Waals surface area contributed by atoms with Gasteiger partial charge >= 0.3 is 6.18 Å². The van der Waals surface area contributed by atoms with Crippen LogP contribution in [0, 0.1) is 0 Å². The molecule has 3 N–H and O–H groups in total. The normalized spacial score (nSPS) is 24.8. The number of rotatable bonds is 6. The summed E-state index contributed by atoms with van der Waals surface area (Å²) in [6, 6.07) is 3.74. The number of imidazole rings is 1. The summed E-state index contributed by atoms with van der Waals surface area (Å²) in [5.74, 6) is -4.45. The summed E-state index contributed by atoms with van der Waals surface area (Å²) in [6.45, 7) is 0. The van der Waals surface area contributed by atoms with Crippen molar-refractivity contribution < 1.29 is 31.5 Å². The van der Waals surface area contributed by atoms with Crippen molar-refractivity contribution in [3.8, 4) is 11.3 Å². The maximum Gasteiger partial charge on any atom is 0.435 e. The van der Waals surface area contributed by atoms with Crippen LogP contribution in [0.4, 0.5) is 27.6 Å². The van der Waals surface area contributed by atoms with Gasteiger partial charge in [0.15, 0.2) is 11.5 Å². The fourth-order valence-corrected chi connectivity index (χ4v) is 5.97. The number of anilines is 1. The third kappa shape index (κ3) is 5.30. The van der Waals surface area contributed by atoms with Crippen molar-refractivity contribution in [2.75, 3.05) is 5.32 Å². The first-order valence-corrected chi connectivity index (χ1v) is 13.4. The monoisotopic (exact) mass is 597 g/mol. The Balaban J connectivity index is 1.17. The van der Waals surface area contributed by atoms with Gasteiger partial charge in [0.25, 0.3) is 17.7 Å². The van der Waals surface area contributed by atoms with E-state index in [1.807, 2.05) is 0 Å². The fourth-order valence-electron chi connectivity index (χ4n) is 5.71. The van der Waals surface area contributed by atoms with Crippen LogP contribution in [-0.4, -0.2) is 55.2 Å². The molecule has 2 aromatic heterocycles. The highest BCUT2D eigenvalue weighted by Crippen LogP contribution is 2.53. The number of fused-ring (bicyclic) bond motifs is 2. The molecule has 1 saturated carbocycles. The Kier molecular flexibility index (Phi) is 6.60. The van der Waals surface area contributed by atoms with E-state index in [4.69, 9.17) is 11.6 Å². The predicted molar refractivity (Wildman–Crippen MR) is 138 cm³/mol. The van der Waals surface area contributed by atoms with E-state index in [-0.39, 0.29) is 39.7 Å². The van der Waals surface area contributed by atoms with E-state index >= 15 is 0 Å². The second kappa shape index (κ2) is 9.79. The highest BCUT2D eigenvalue weighted by Gasteiger charge is 2.59. The molecule has 1 aliphatic carbocycles. The molecule has 4 heterocycles. The van der Waals surface area contributed by atoms with E-state index in [0.29, 0.717) is 16.8 Å². The van der Waals surface area contributed by atoms with Gasteiger partial charge in [-0.3, -0.25) is 14.3 Å². The van der Waals surface area contributed by atoms with Gasteiger partial charge in [-0.2, -0.15) is 18.3 Å². The quantitative estimate of drug-likeness (QED) is 0.354. The van der Waals surface area contributed by atoms with Crippen LogP contribution < -0.4 is 16.0 Å². The van der Waals surface area contributed by atoms with Gasteiger partial charge in [-0.1, -0.05) is 11.6 Å². The minimum Gasteiger partial charge on any atom is -0.349 e. The molecule has 6 rings (SSSR count). The number of carbonyl (C=O) groups excluding carboxylic acids is 2. The second-order valence-corrected chi connectivity index (χ2v) is 11.2. The van der Waals surface area contributed by atoms with Crippen LogP contribution in [0.15, 0.2) is 30.6 Å². The zero-order chi connectivity index (χ0) is 29.3. The lowest BCUT2D eigenvalue weighted by Gasteiger charge is -2.29. The molecule has 4 atom stereocenters. The third-order valence-corrected chi connectivity index (χ3v) is 8.17. The molecular weight excluding hydrogens is 573 g/mol. The lowest BCUT2D eigenvalue weighted by atomic mass is 9.99. The highest BCUT2D eigenvalue weighted by molar-refractivity contribution is 6.34. The number of nitrogens with one attached hydrogen (secondary N) is 3. The van der Waals surface area contributed by atoms with Gasteiger partial charge in [-0.15, -0.1) is 0 Å². The van der Waals surface area contributed by atoms with Gasteiger partial charge in [0.2, 0.25) is 0 Å². The van der Waals surface area contributed by atoms with E-state index in [1.165, 1.54) is 25.2 Å². The standard InChI is InChI=1S/C26H25ClF5N7O2/c1-38-19(17-11-39(20-9-25(20,28)29)37-21(17)26(30,31)32)10-33-22(38)24(41)35-14-4-5-16(18(27)8-14)23(40)36-15-6-12-2-3-13(7-15)34-12/h4-5,8,10-13,15,20,34H,2-3,6-7,9H2,1H3,(H,35,41)(H,36,40)/t12-,13+,15?,20?. The number of carbonyl (C=O) groups is 2. The summed E-state index contributed by atoms with van der Waals surface area (Å²) in [7, 11) is 1.33. The molecule has 218 valence electrons. The van der Waals surface area contributed by atoms with E-state index in [9.17, 15) is 31.5 Å². The number of piperidine rings is 1. The van der Waals surface area contributed by atoms with Crippen LogP contribution in [0.1, 0.15) is 64.8 Å². The van der Waals surface area contributed by atoms with Crippen LogP contribution in [0.5, 0.6) is 0 Å². The average Bonchev–Trinajstić information content (AvgIpc) is 3.25. The van der Waals surface area contributed by atoms with E-state index in [1.54, 1.807) is 0 Å². The Labute approximate surface area is 235 Å². The van der Waals surface area contributed by atoms with E-state index in [0.717, 1.165) is 42.6 Å². The smallest absolute Gasteiger partial charge is 0.349 e. The first kappa shape index (κ1) is 27.6. The minimum absolute atomic E-state index is 0.0417. The summed E-state index contributed by atoms with van der Waals surface area (Å²) in [5.41, 5.74) is -1.48. The maximum absolute atomic E-state index is 13.7. The molecule has 2 bridgehead atoms. The van der Waals surface area contributed by atoms with Crippen LogP contribution in [-0.2, 0) is 13.2 Å². The van der Waals surface area contributed by atoms with Crippen molar-refractivity contribution in [3.63, 3.8) is 0 Å². The molecule has 15 heteroatoms. The number of amides is 2. The number of halogens is 6. The van der Waals surface area contributed by atoms with Gasteiger partial charge in [0.05, 0.1) is 28.0 Å². The molecule has 3 aromatic rings. The molecule has 9 nitrogen and oxygen atoms in total. The maximum atomic E-state index is 13.7. The Morgan fingerprint density at radius 3 is 2.44 bits per heavy atom. The number of alkyl halides is 5. The van der Waals surface area contributed by atoms with Crippen molar-refractivity contribution in [3.05, 3.63) is 52.7 Å². The largest absolute Gasteiger partial charge is 0.435 e. The molecule has 2 aliphatic heterocycles. The van der Waals surface area contributed by atoms with Gasteiger partial charge in [-0.05, 0) is 43.9 Å². The Hall–Kier alpha value is -3.52. The summed E-state index contributed by atoms with van der Waals surface area (Å²) in [4.78, 5) is 29.8. The van der Waals surface area contributed by atoms with Crippen molar-refractivity contribution in [1.82, 2.24) is 30.0 Å². The van der Waals surface area contributed by atoms with Crippen LogP contribution in [0.3, 0.4) is 0 Å². The van der Waals surface area contributed by atoms with Crippen molar-refractivity contribution in [2.24, 2.45) is 7.05 Å². The van der Waals surface area contributed by atoms with E-state index in [2.05, 4.69) is 26.0 Å². The summed E-state index contributed by atoms with van der Waals surface area (Å²) in [6.07, 6.45) is 0.291. The summed E-state index contributed by atoms with van der Waals surface area (Å²) in [5, 5.41) is 12.6. The van der Waals surface area contributed by atoms with Crippen molar-refractivity contribution in [1.29, 1.82) is 0 Å². The second-order valence-electron chi connectivity index (χ2n) is 10.8. The molecule has 2 saturated heterocycles. The molecule has 41 heavy (non-hydrogen) atoms. The summed E-state index contributed by atoms with van der Waals surface area (Å²) < 4.78 is 69.8. The topological polar surface area (TPSA) is 106 Å². The number of hydrogen-bond acceptors (Lipinski definition) is 5. The molecule has 0 spiro atoms. The molecule has 2 amide bonds. The third-order valence-electron chi connectivity index (χ3n) is 7.86. The van der Waals surface area contributed by atoms with Gasteiger partial charge in [0.1, 0.15) is 6.04 Å². The number of nitrogens with zero attached hydrogens (tertiary/aromatic N) is 4. The first-order chi connectivity index (χ1) is 19.3. The van der Waals surface area contributed by atoms with Crippen molar-refractivity contribution >= 4 is 29.1 Å². The molecule has 3 fully saturated rings. The zero-order valence-corrected chi connectivity index (χ0v) is 22.4.